The van der Waals surface area contributed by atoms with Crippen LogP contribution >= 0.6 is 0 Å². The summed E-state index contributed by atoms with van der Waals surface area (Å²) in [6, 6.07) is 12.4. The van der Waals surface area contributed by atoms with E-state index in [4.69, 9.17) is 10.2 Å². The molecule has 4 heterocycles. The second-order valence-corrected chi connectivity index (χ2v) is 7.26. The highest BCUT2D eigenvalue weighted by molar-refractivity contribution is 5.68. The number of hydrogen-bond donors (Lipinski definition) is 2. The van der Waals surface area contributed by atoms with Gasteiger partial charge in [0, 0.05) is 19.6 Å². The fourth-order valence-corrected chi connectivity index (χ4v) is 3.83. The van der Waals surface area contributed by atoms with Crippen LogP contribution in [0.15, 0.2) is 53.3 Å². The van der Waals surface area contributed by atoms with Gasteiger partial charge in [-0.1, -0.05) is 24.3 Å². The second kappa shape index (κ2) is 7.56. The van der Waals surface area contributed by atoms with Crippen molar-refractivity contribution in [2.24, 2.45) is 0 Å². The highest BCUT2D eigenvalue weighted by Gasteiger charge is 2.17. The molecule has 148 valence electrons. The fraction of sp³-hybridized carbons (Fsp3) is 0.286. The molecule has 3 aromatic heterocycles. The number of benzene rings is 1. The molecule has 0 fully saturated rings. The van der Waals surface area contributed by atoms with Crippen LogP contribution in [0.5, 0.6) is 0 Å². The number of furan rings is 1. The van der Waals surface area contributed by atoms with Crippen LogP contribution in [0.1, 0.15) is 11.1 Å². The first-order valence-electron chi connectivity index (χ1n) is 9.85. The normalized spacial score (nSPS) is 14.6. The summed E-state index contributed by atoms with van der Waals surface area (Å²) in [7, 11) is 0. The van der Waals surface area contributed by atoms with E-state index in [0.29, 0.717) is 23.2 Å². The number of nitrogens with one attached hydrogen (secondary N) is 1. The van der Waals surface area contributed by atoms with Crippen molar-refractivity contribution in [1.82, 2.24) is 29.9 Å². The van der Waals surface area contributed by atoms with E-state index in [1.54, 1.807) is 18.5 Å². The van der Waals surface area contributed by atoms with Gasteiger partial charge >= 0.3 is 0 Å². The van der Waals surface area contributed by atoms with E-state index in [1.165, 1.54) is 11.1 Å². The number of aromatic nitrogens is 5. The molecule has 29 heavy (non-hydrogen) atoms. The highest BCUT2D eigenvalue weighted by atomic mass is 16.3. The Morgan fingerprint density at radius 2 is 1.83 bits per heavy atom. The topological polar surface area (TPSA) is 102 Å². The highest BCUT2D eigenvalue weighted by Crippen LogP contribution is 2.25. The number of nitrogen functional groups attached to an aromatic ring is 1. The molecule has 0 aliphatic carbocycles. The molecule has 0 amide bonds. The number of nitrogens with two attached hydrogens (primary N) is 1. The quantitative estimate of drug-likeness (QED) is 0.544. The molecule has 1 aromatic carbocycles. The van der Waals surface area contributed by atoms with Gasteiger partial charge in [0.1, 0.15) is 5.82 Å². The van der Waals surface area contributed by atoms with Gasteiger partial charge in [-0.2, -0.15) is 5.10 Å². The first kappa shape index (κ1) is 17.7. The van der Waals surface area contributed by atoms with Gasteiger partial charge in [0.2, 0.25) is 5.82 Å². The summed E-state index contributed by atoms with van der Waals surface area (Å²) in [5.74, 6) is 2.29. The summed E-state index contributed by atoms with van der Waals surface area (Å²) in [6.07, 6.45) is 5.51. The van der Waals surface area contributed by atoms with Gasteiger partial charge < -0.3 is 15.1 Å². The third kappa shape index (κ3) is 3.54. The standard InChI is InChI=1S/C21H23N7O/c22-19-17(20-24-21(26-25-20)18-6-3-13-29-18)14-23-28(19)12-11-27-9-7-15-4-1-2-5-16(15)8-10-27/h1-6,13-14H,7-12,22H2,(H,24,25,26). The Morgan fingerprint density at radius 1 is 1.03 bits per heavy atom. The Morgan fingerprint density at radius 3 is 2.55 bits per heavy atom. The van der Waals surface area contributed by atoms with E-state index in [9.17, 15) is 0 Å². The summed E-state index contributed by atoms with van der Waals surface area (Å²) < 4.78 is 7.18. The maximum absolute atomic E-state index is 6.35. The van der Waals surface area contributed by atoms with Crippen molar-refractivity contribution in [1.29, 1.82) is 0 Å². The predicted molar refractivity (Wildman–Crippen MR) is 110 cm³/mol. The van der Waals surface area contributed by atoms with E-state index in [1.807, 2.05) is 10.7 Å². The lowest BCUT2D eigenvalue weighted by atomic mass is 10.0. The zero-order valence-electron chi connectivity index (χ0n) is 16.1. The third-order valence-electron chi connectivity index (χ3n) is 5.50. The molecule has 0 radical (unpaired) electrons. The maximum Gasteiger partial charge on any atom is 0.217 e. The van der Waals surface area contributed by atoms with Crippen LogP contribution < -0.4 is 5.73 Å². The molecular weight excluding hydrogens is 366 g/mol. The zero-order chi connectivity index (χ0) is 19.6. The van der Waals surface area contributed by atoms with E-state index in [2.05, 4.69) is 49.4 Å². The Labute approximate surface area is 168 Å². The average molecular weight is 389 g/mol. The van der Waals surface area contributed by atoms with Gasteiger partial charge in [0.15, 0.2) is 11.6 Å². The monoisotopic (exact) mass is 389 g/mol. The summed E-state index contributed by atoms with van der Waals surface area (Å²) in [5.41, 5.74) is 10.0. The Kier molecular flexibility index (Phi) is 4.61. The number of rotatable bonds is 5. The molecule has 1 aliphatic heterocycles. The lowest BCUT2D eigenvalue weighted by Crippen LogP contribution is -2.30. The zero-order valence-corrected chi connectivity index (χ0v) is 16.1. The first-order chi connectivity index (χ1) is 14.3. The van der Waals surface area contributed by atoms with E-state index >= 15 is 0 Å². The van der Waals surface area contributed by atoms with Crippen molar-refractivity contribution in [2.75, 3.05) is 25.4 Å². The van der Waals surface area contributed by atoms with Gasteiger partial charge in [-0.25, -0.2) is 9.67 Å². The molecule has 0 atom stereocenters. The van der Waals surface area contributed by atoms with Crippen LogP contribution in [0.4, 0.5) is 5.82 Å². The van der Waals surface area contributed by atoms with Crippen LogP contribution in [0.2, 0.25) is 0 Å². The van der Waals surface area contributed by atoms with Gasteiger partial charge in [-0.05, 0) is 36.1 Å². The molecule has 8 heteroatoms. The molecule has 1 aliphatic rings. The van der Waals surface area contributed by atoms with E-state index in [0.717, 1.165) is 44.6 Å². The van der Waals surface area contributed by atoms with Crippen molar-refractivity contribution in [3.63, 3.8) is 0 Å². The minimum absolute atomic E-state index is 0.501. The van der Waals surface area contributed by atoms with Crippen molar-refractivity contribution < 1.29 is 4.42 Å². The van der Waals surface area contributed by atoms with Gasteiger partial charge in [0.25, 0.3) is 0 Å². The molecule has 0 spiro atoms. The van der Waals surface area contributed by atoms with Crippen molar-refractivity contribution in [2.45, 2.75) is 19.4 Å². The minimum Gasteiger partial charge on any atom is -0.461 e. The van der Waals surface area contributed by atoms with Crippen LogP contribution in [-0.4, -0.2) is 49.5 Å². The Balaban J connectivity index is 1.25. The number of aromatic amines is 1. The van der Waals surface area contributed by atoms with Gasteiger partial charge in [-0.15, -0.1) is 5.10 Å². The van der Waals surface area contributed by atoms with Crippen LogP contribution in [0.3, 0.4) is 0 Å². The molecule has 8 nitrogen and oxygen atoms in total. The van der Waals surface area contributed by atoms with Gasteiger partial charge in [-0.3, -0.25) is 5.10 Å². The lowest BCUT2D eigenvalue weighted by molar-refractivity contribution is 0.271. The first-order valence-corrected chi connectivity index (χ1v) is 9.85. The minimum atomic E-state index is 0.501. The van der Waals surface area contributed by atoms with E-state index < -0.39 is 0 Å². The number of fused-ring (bicyclic) bond motifs is 1. The average Bonchev–Trinajstić information content (AvgIpc) is 3.47. The molecule has 0 saturated carbocycles. The molecular formula is C21H23N7O. The molecule has 5 rings (SSSR count). The molecule has 3 N–H and O–H groups in total. The van der Waals surface area contributed by atoms with E-state index in [-0.39, 0.29) is 0 Å². The summed E-state index contributed by atoms with van der Waals surface area (Å²) in [5, 5.41) is 11.6. The lowest BCUT2D eigenvalue weighted by Gasteiger charge is -2.19. The summed E-state index contributed by atoms with van der Waals surface area (Å²) in [4.78, 5) is 6.95. The molecule has 0 bridgehead atoms. The van der Waals surface area contributed by atoms with Crippen molar-refractivity contribution in [3.8, 4) is 23.0 Å². The molecule has 4 aromatic rings. The summed E-state index contributed by atoms with van der Waals surface area (Å²) >= 11 is 0. The Bertz CT molecular complexity index is 1070. The SMILES string of the molecule is Nc1c(-c2nc(-c3ccco3)n[nH]2)cnn1CCN1CCc2ccccc2CC1. The van der Waals surface area contributed by atoms with Crippen LogP contribution in [0, 0.1) is 0 Å². The maximum atomic E-state index is 6.35. The smallest absolute Gasteiger partial charge is 0.217 e. The molecule has 0 unspecified atom stereocenters. The largest absolute Gasteiger partial charge is 0.461 e. The predicted octanol–water partition coefficient (Wildman–Crippen LogP) is 2.61. The second-order valence-electron chi connectivity index (χ2n) is 7.26. The van der Waals surface area contributed by atoms with Crippen molar-refractivity contribution >= 4 is 5.82 Å². The van der Waals surface area contributed by atoms with Crippen LogP contribution in [0.25, 0.3) is 23.0 Å². The number of nitrogens with zero attached hydrogens (tertiary/aromatic N) is 5. The number of hydrogen-bond acceptors (Lipinski definition) is 6. The van der Waals surface area contributed by atoms with Crippen LogP contribution in [-0.2, 0) is 19.4 Å². The van der Waals surface area contributed by atoms with Crippen molar-refractivity contribution in [3.05, 3.63) is 60.0 Å². The molecule has 0 saturated heterocycles. The fourth-order valence-electron chi connectivity index (χ4n) is 3.83. The van der Waals surface area contributed by atoms with Gasteiger partial charge in [0.05, 0.1) is 24.6 Å². The number of H-pyrrole nitrogens is 1. The Hall–Kier alpha value is -3.39. The summed E-state index contributed by atoms with van der Waals surface area (Å²) in [6.45, 7) is 3.76. The third-order valence-corrected chi connectivity index (χ3v) is 5.50. The number of anilines is 1.